The van der Waals surface area contributed by atoms with Crippen molar-refractivity contribution >= 4 is 23.5 Å². The van der Waals surface area contributed by atoms with Crippen LogP contribution in [-0.4, -0.2) is 19.3 Å². The van der Waals surface area contributed by atoms with Crippen molar-refractivity contribution in [3.8, 4) is 17.3 Å². The van der Waals surface area contributed by atoms with Gasteiger partial charge in [0.15, 0.2) is 0 Å². The van der Waals surface area contributed by atoms with Gasteiger partial charge in [0, 0.05) is 16.2 Å². The van der Waals surface area contributed by atoms with E-state index < -0.39 is 24.5 Å². The van der Waals surface area contributed by atoms with E-state index in [1.807, 2.05) is 6.07 Å². The number of H-pyrrole nitrogens is 1. The van der Waals surface area contributed by atoms with Crippen molar-refractivity contribution in [2.45, 2.75) is 12.2 Å². The molecule has 0 fully saturated rings. The minimum atomic E-state index is -5.70. The van der Waals surface area contributed by atoms with Gasteiger partial charge in [-0.05, 0) is 29.3 Å². The normalized spacial score (nSPS) is 12.0. The Morgan fingerprint density at radius 3 is 2.41 bits per heavy atom. The Kier molecular flexibility index (Phi) is 5.61. The fraction of sp³-hybridized carbons (Fsp3) is 0.111. The molecule has 0 radical (unpaired) electrons. The smallest absolute Gasteiger partial charge is 0.320 e. The van der Waals surface area contributed by atoms with Gasteiger partial charge in [-0.2, -0.15) is 14.0 Å². The van der Waals surface area contributed by atoms with Crippen LogP contribution < -0.4 is 5.69 Å². The number of aromatic amines is 1. The van der Waals surface area contributed by atoms with Gasteiger partial charge in [-0.3, -0.25) is 9.13 Å². The molecule has 1 heterocycles. The second kappa shape index (κ2) is 7.69. The molecular weight excluding hydrogens is 471 g/mol. The fourth-order valence-corrected chi connectivity index (χ4v) is 4.08. The molecule has 3 aromatic rings. The Balaban J connectivity index is 1.97. The minimum absolute atomic E-state index is 0.0258. The maximum absolute atomic E-state index is 14.0. The molecule has 0 saturated heterocycles. The van der Waals surface area contributed by atoms with Gasteiger partial charge in [0.25, 0.3) is 0 Å². The third-order valence-electron chi connectivity index (χ3n) is 4.24. The summed E-state index contributed by atoms with van der Waals surface area (Å²) in [5, 5.41) is 8.89. The molecule has 0 unspecified atom stereocenters. The van der Waals surface area contributed by atoms with Crippen LogP contribution in [0.5, 0.6) is 0 Å². The number of benzene rings is 2. The van der Waals surface area contributed by atoms with Crippen LogP contribution in [0, 0.1) is 11.3 Å². The molecule has 0 aliphatic rings. The van der Waals surface area contributed by atoms with E-state index in [1.165, 1.54) is 22.9 Å². The zero-order chi connectivity index (χ0) is 21.4. The highest BCUT2D eigenvalue weighted by Gasteiger charge is 2.51. The van der Waals surface area contributed by atoms with E-state index in [0.29, 0.717) is 22.4 Å². The van der Waals surface area contributed by atoms with Gasteiger partial charge in [0.1, 0.15) is 0 Å². The maximum atomic E-state index is 14.0. The van der Waals surface area contributed by atoms with E-state index in [2.05, 4.69) is 20.9 Å². The zero-order valence-corrected chi connectivity index (χ0v) is 17.0. The van der Waals surface area contributed by atoms with Crippen molar-refractivity contribution in [3.63, 3.8) is 0 Å². The first-order chi connectivity index (χ1) is 13.5. The molecule has 1 aromatic heterocycles. The summed E-state index contributed by atoms with van der Waals surface area (Å²) in [6.45, 7) is 0.0258. The van der Waals surface area contributed by atoms with Gasteiger partial charge in [-0.25, -0.2) is 4.79 Å². The van der Waals surface area contributed by atoms with E-state index in [0.717, 1.165) is 6.07 Å². The lowest BCUT2D eigenvalue weighted by Crippen LogP contribution is -2.19. The molecule has 29 heavy (non-hydrogen) atoms. The molecule has 0 spiro atoms. The van der Waals surface area contributed by atoms with Crippen LogP contribution in [0.2, 0.25) is 0 Å². The van der Waals surface area contributed by atoms with Gasteiger partial charge in [-0.1, -0.05) is 40.2 Å². The number of nitrogens with one attached hydrogen (secondary N) is 1. The maximum Gasteiger partial charge on any atom is 0.399 e. The highest BCUT2D eigenvalue weighted by atomic mass is 79.9. The average Bonchev–Trinajstić information content (AvgIpc) is 3.01. The van der Waals surface area contributed by atoms with E-state index in [1.54, 1.807) is 24.3 Å². The van der Waals surface area contributed by atoms with Crippen LogP contribution in [0.1, 0.15) is 16.7 Å². The molecule has 2 aromatic carbocycles. The Hall–Kier alpha value is -2.57. The third kappa shape index (κ3) is 4.09. The zero-order valence-electron chi connectivity index (χ0n) is 14.5. The van der Waals surface area contributed by atoms with Gasteiger partial charge in [-0.15, -0.1) is 0 Å². The van der Waals surface area contributed by atoms with Crippen molar-refractivity contribution in [3.05, 3.63) is 80.3 Å². The summed E-state index contributed by atoms with van der Waals surface area (Å²) in [7, 11) is -5.70. The Morgan fingerprint density at radius 1 is 1.21 bits per heavy atom. The first kappa shape index (κ1) is 21.1. The molecule has 0 aliphatic heterocycles. The van der Waals surface area contributed by atoms with E-state index in [9.17, 15) is 18.1 Å². The molecule has 150 valence electrons. The number of halogens is 3. The van der Waals surface area contributed by atoms with Gasteiger partial charge >= 0.3 is 18.9 Å². The first-order valence-corrected chi connectivity index (χ1v) is 10.5. The van der Waals surface area contributed by atoms with Crippen molar-refractivity contribution in [1.82, 2.24) is 9.55 Å². The second-order valence-electron chi connectivity index (χ2n) is 6.15. The largest absolute Gasteiger partial charge is 0.399 e. The summed E-state index contributed by atoms with van der Waals surface area (Å²) < 4.78 is 40.2. The molecule has 3 rings (SSSR count). The van der Waals surface area contributed by atoms with E-state index >= 15 is 0 Å². The first-order valence-electron chi connectivity index (χ1n) is 8.05. The van der Waals surface area contributed by atoms with E-state index in [-0.39, 0.29) is 11.0 Å². The molecule has 7 nitrogen and oxygen atoms in total. The number of alkyl halides is 2. The highest BCUT2D eigenvalue weighted by Crippen LogP contribution is 2.60. The topological polar surface area (TPSA) is 119 Å². The van der Waals surface area contributed by atoms with Crippen LogP contribution in [0.25, 0.3) is 11.3 Å². The lowest BCUT2D eigenvalue weighted by Gasteiger charge is -2.19. The number of hydrogen-bond acceptors (Lipinski definition) is 3. The molecule has 0 amide bonds. The van der Waals surface area contributed by atoms with Gasteiger partial charge < -0.3 is 14.8 Å². The average molecular weight is 484 g/mol. The van der Waals surface area contributed by atoms with Crippen LogP contribution >= 0.6 is 23.5 Å². The van der Waals surface area contributed by atoms with Crippen LogP contribution in [0.4, 0.5) is 8.78 Å². The van der Waals surface area contributed by atoms with Crippen molar-refractivity contribution in [1.29, 1.82) is 5.26 Å². The van der Waals surface area contributed by atoms with Crippen LogP contribution in [0.15, 0.2) is 57.9 Å². The summed E-state index contributed by atoms with van der Waals surface area (Å²) in [6, 6.07) is 12.0. The number of hydrogen-bond donors (Lipinski definition) is 3. The molecule has 0 aliphatic carbocycles. The van der Waals surface area contributed by atoms with Gasteiger partial charge in [0.05, 0.1) is 23.9 Å². The molecule has 3 N–H and O–H groups in total. The lowest BCUT2D eigenvalue weighted by atomic mass is 10.1. The summed E-state index contributed by atoms with van der Waals surface area (Å²) in [5.41, 5.74) is -3.50. The number of aromatic nitrogens is 2. The second-order valence-corrected chi connectivity index (χ2v) is 8.66. The predicted molar refractivity (Wildman–Crippen MR) is 104 cm³/mol. The van der Waals surface area contributed by atoms with Crippen molar-refractivity contribution < 1.29 is 23.1 Å². The summed E-state index contributed by atoms with van der Waals surface area (Å²) in [4.78, 5) is 32.6. The summed E-state index contributed by atoms with van der Waals surface area (Å²) in [6.07, 6.45) is 1.50. The summed E-state index contributed by atoms with van der Waals surface area (Å²) >= 11 is 2.93. The van der Waals surface area contributed by atoms with Crippen LogP contribution in [0.3, 0.4) is 0 Å². The monoisotopic (exact) mass is 483 g/mol. The predicted octanol–water partition coefficient (Wildman–Crippen LogP) is 3.75. The third-order valence-corrected chi connectivity index (χ3v) is 5.87. The number of imidazole rings is 1. The lowest BCUT2D eigenvalue weighted by molar-refractivity contribution is 0.0557. The number of nitrogens with zero attached hydrogens (tertiary/aromatic N) is 2. The highest BCUT2D eigenvalue weighted by molar-refractivity contribution is 9.10. The van der Waals surface area contributed by atoms with E-state index in [4.69, 9.17) is 15.0 Å². The molecule has 0 bridgehead atoms. The molecule has 0 saturated carbocycles. The standard InChI is InChI=1S/C18H13BrF2N3O4P/c19-15-7-12(3-6-14(15)18(20,21)29(26,27)28)10-24-16(9-23-17(24)25)13-4-1-11(8-22)2-5-13/h1-7,9H,10H2,(H,23,25)(H2,26,27,28). The number of rotatable bonds is 5. The Morgan fingerprint density at radius 2 is 1.86 bits per heavy atom. The number of nitriles is 1. The minimum Gasteiger partial charge on any atom is -0.320 e. The fourth-order valence-electron chi connectivity index (χ4n) is 2.75. The Bertz CT molecular complexity index is 1210. The molecule has 0 atom stereocenters. The molecular formula is C18H13BrF2N3O4P. The summed E-state index contributed by atoms with van der Waals surface area (Å²) in [5.74, 6) is 0. The van der Waals surface area contributed by atoms with Crippen molar-refractivity contribution in [2.24, 2.45) is 0 Å². The SMILES string of the molecule is N#Cc1ccc(-c2c[nH]c(=O)n2Cc2ccc(C(F)(F)P(=O)(O)O)c(Br)c2)cc1. The molecule has 11 heteroatoms. The van der Waals surface area contributed by atoms with Crippen molar-refractivity contribution in [2.75, 3.05) is 0 Å². The Labute approximate surface area is 171 Å². The quantitative estimate of drug-likeness (QED) is 0.477. The van der Waals surface area contributed by atoms with Gasteiger partial charge in [0.2, 0.25) is 0 Å². The van der Waals surface area contributed by atoms with Crippen LogP contribution in [-0.2, 0) is 16.8 Å².